The predicted octanol–water partition coefficient (Wildman–Crippen LogP) is 2.36. The van der Waals surface area contributed by atoms with E-state index in [9.17, 15) is 9.90 Å². The first-order valence-electron chi connectivity index (χ1n) is 7.64. The average molecular weight is 312 g/mol. The number of nitrogens with zero attached hydrogens (tertiary/aromatic N) is 2. The average Bonchev–Trinajstić information content (AvgIpc) is 2.62. The minimum Gasteiger partial charge on any atom is -0.508 e. The number of phenols is 1. The Morgan fingerprint density at radius 1 is 0.957 bits per heavy atom. The lowest BCUT2D eigenvalue weighted by atomic mass is 10.1. The van der Waals surface area contributed by atoms with Gasteiger partial charge in [0.2, 0.25) is 0 Å². The van der Waals surface area contributed by atoms with Crippen LogP contribution in [-0.2, 0) is 0 Å². The highest BCUT2D eigenvalue weighted by atomic mass is 16.5. The maximum Gasteiger partial charge on any atom is 0.253 e. The number of hydrogen-bond donors (Lipinski definition) is 1. The smallest absolute Gasteiger partial charge is 0.253 e. The van der Waals surface area contributed by atoms with Gasteiger partial charge in [0, 0.05) is 37.4 Å². The summed E-state index contributed by atoms with van der Waals surface area (Å²) in [4.78, 5) is 16.6. The zero-order valence-corrected chi connectivity index (χ0v) is 13.1. The van der Waals surface area contributed by atoms with Gasteiger partial charge in [-0.15, -0.1) is 0 Å². The van der Waals surface area contributed by atoms with E-state index in [0.29, 0.717) is 18.7 Å². The normalized spacial score (nSPS) is 14.7. The van der Waals surface area contributed by atoms with Gasteiger partial charge in [0.1, 0.15) is 11.5 Å². The number of aromatic hydroxyl groups is 1. The summed E-state index contributed by atoms with van der Waals surface area (Å²) in [6.45, 7) is 2.98. The SMILES string of the molecule is COc1ccc(N2CCN(C(=O)c3ccc(O)cc3)CC2)cc1. The van der Waals surface area contributed by atoms with Crippen LogP contribution in [-0.4, -0.2) is 49.2 Å². The molecule has 0 aliphatic carbocycles. The molecule has 1 amide bonds. The Kier molecular flexibility index (Phi) is 4.37. The monoisotopic (exact) mass is 312 g/mol. The van der Waals surface area contributed by atoms with Crippen LogP contribution in [0.5, 0.6) is 11.5 Å². The standard InChI is InChI=1S/C18H20N2O3/c1-23-17-8-4-15(5-9-17)19-10-12-20(13-11-19)18(22)14-2-6-16(21)7-3-14/h2-9,21H,10-13H2,1H3. The summed E-state index contributed by atoms with van der Waals surface area (Å²) in [7, 11) is 1.66. The maximum absolute atomic E-state index is 12.4. The molecule has 1 heterocycles. The molecule has 0 aromatic heterocycles. The Morgan fingerprint density at radius 2 is 1.57 bits per heavy atom. The number of anilines is 1. The van der Waals surface area contributed by atoms with Gasteiger partial charge in [0.15, 0.2) is 0 Å². The number of hydrogen-bond acceptors (Lipinski definition) is 4. The molecule has 1 N–H and O–H groups in total. The van der Waals surface area contributed by atoms with Crippen LogP contribution in [0, 0.1) is 0 Å². The maximum atomic E-state index is 12.4. The van der Waals surface area contributed by atoms with Gasteiger partial charge in [-0.3, -0.25) is 4.79 Å². The lowest BCUT2D eigenvalue weighted by Gasteiger charge is -2.36. The molecule has 5 heteroatoms. The van der Waals surface area contributed by atoms with Crippen LogP contribution in [0.3, 0.4) is 0 Å². The number of carbonyl (C=O) groups excluding carboxylic acids is 1. The molecule has 3 rings (SSSR count). The van der Waals surface area contributed by atoms with Gasteiger partial charge in [-0.25, -0.2) is 0 Å². The van der Waals surface area contributed by atoms with Crippen molar-refractivity contribution in [1.29, 1.82) is 0 Å². The van der Waals surface area contributed by atoms with Crippen molar-refractivity contribution in [1.82, 2.24) is 4.90 Å². The van der Waals surface area contributed by atoms with E-state index in [1.165, 1.54) is 0 Å². The Balaban J connectivity index is 1.61. The molecule has 0 radical (unpaired) electrons. The fraction of sp³-hybridized carbons (Fsp3) is 0.278. The lowest BCUT2D eigenvalue weighted by molar-refractivity contribution is 0.0747. The summed E-state index contributed by atoms with van der Waals surface area (Å²) < 4.78 is 5.17. The van der Waals surface area contributed by atoms with Crippen molar-refractivity contribution >= 4 is 11.6 Å². The van der Waals surface area contributed by atoms with E-state index in [2.05, 4.69) is 4.90 Å². The number of phenolic OH excluding ortho intramolecular Hbond substituents is 1. The fourth-order valence-corrected chi connectivity index (χ4v) is 2.75. The minimum absolute atomic E-state index is 0.0133. The number of carbonyl (C=O) groups is 1. The number of benzene rings is 2. The summed E-state index contributed by atoms with van der Waals surface area (Å²) in [5.74, 6) is 1.03. The first kappa shape index (κ1) is 15.2. The van der Waals surface area contributed by atoms with Crippen molar-refractivity contribution in [3.05, 3.63) is 54.1 Å². The van der Waals surface area contributed by atoms with Crippen LogP contribution in [0.4, 0.5) is 5.69 Å². The fourth-order valence-electron chi connectivity index (χ4n) is 2.75. The van der Waals surface area contributed by atoms with Crippen LogP contribution in [0.25, 0.3) is 0 Å². The molecule has 5 nitrogen and oxygen atoms in total. The molecule has 0 atom stereocenters. The van der Waals surface area contributed by atoms with E-state index >= 15 is 0 Å². The molecule has 0 spiro atoms. The summed E-state index contributed by atoms with van der Waals surface area (Å²) in [5, 5.41) is 9.31. The Morgan fingerprint density at radius 3 is 2.13 bits per heavy atom. The summed E-state index contributed by atoms with van der Waals surface area (Å²) in [5.41, 5.74) is 1.75. The molecule has 0 unspecified atom stereocenters. The van der Waals surface area contributed by atoms with Gasteiger partial charge in [-0.1, -0.05) is 0 Å². The molecule has 0 saturated carbocycles. The third kappa shape index (κ3) is 3.39. The molecule has 1 saturated heterocycles. The second-order valence-corrected chi connectivity index (χ2v) is 5.52. The van der Waals surface area contributed by atoms with Gasteiger partial charge in [-0.2, -0.15) is 0 Å². The van der Waals surface area contributed by atoms with Crippen LogP contribution in [0.15, 0.2) is 48.5 Å². The first-order chi connectivity index (χ1) is 11.2. The summed E-state index contributed by atoms with van der Waals surface area (Å²) in [6, 6.07) is 14.4. The molecule has 1 aliphatic heterocycles. The molecule has 0 bridgehead atoms. The van der Waals surface area contributed by atoms with Gasteiger partial charge >= 0.3 is 0 Å². The van der Waals surface area contributed by atoms with Crippen molar-refractivity contribution in [2.45, 2.75) is 0 Å². The third-order valence-corrected chi connectivity index (χ3v) is 4.12. The lowest BCUT2D eigenvalue weighted by Crippen LogP contribution is -2.48. The van der Waals surface area contributed by atoms with Crippen molar-refractivity contribution in [3.8, 4) is 11.5 Å². The Labute approximate surface area is 135 Å². The molecule has 2 aromatic carbocycles. The minimum atomic E-state index is 0.0133. The number of piperazine rings is 1. The number of ether oxygens (including phenoxy) is 1. The predicted molar refractivity (Wildman–Crippen MR) is 89.2 cm³/mol. The highest BCUT2D eigenvalue weighted by Gasteiger charge is 2.22. The molecular weight excluding hydrogens is 292 g/mol. The van der Waals surface area contributed by atoms with Gasteiger partial charge < -0.3 is 19.6 Å². The number of amides is 1. The highest BCUT2D eigenvalue weighted by Crippen LogP contribution is 2.21. The molecule has 1 fully saturated rings. The zero-order valence-electron chi connectivity index (χ0n) is 13.1. The second-order valence-electron chi connectivity index (χ2n) is 5.52. The first-order valence-corrected chi connectivity index (χ1v) is 7.64. The third-order valence-electron chi connectivity index (χ3n) is 4.12. The quantitative estimate of drug-likeness (QED) is 0.945. The van der Waals surface area contributed by atoms with Crippen LogP contribution >= 0.6 is 0 Å². The van der Waals surface area contributed by atoms with E-state index in [4.69, 9.17) is 4.74 Å². The van der Waals surface area contributed by atoms with E-state index in [-0.39, 0.29) is 11.7 Å². The molecule has 1 aliphatic rings. The van der Waals surface area contributed by atoms with Crippen molar-refractivity contribution in [2.75, 3.05) is 38.2 Å². The molecular formula is C18H20N2O3. The second kappa shape index (κ2) is 6.60. The molecule has 23 heavy (non-hydrogen) atoms. The number of methoxy groups -OCH3 is 1. The van der Waals surface area contributed by atoms with E-state index in [1.54, 1.807) is 31.4 Å². The number of rotatable bonds is 3. The van der Waals surface area contributed by atoms with Gasteiger partial charge in [0.05, 0.1) is 7.11 Å². The topological polar surface area (TPSA) is 53.0 Å². The van der Waals surface area contributed by atoms with Crippen molar-refractivity contribution in [3.63, 3.8) is 0 Å². The molecule has 2 aromatic rings. The van der Waals surface area contributed by atoms with Gasteiger partial charge in [-0.05, 0) is 48.5 Å². The van der Waals surface area contributed by atoms with E-state index in [0.717, 1.165) is 24.5 Å². The Hall–Kier alpha value is -2.69. The van der Waals surface area contributed by atoms with Crippen LogP contribution in [0.1, 0.15) is 10.4 Å². The largest absolute Gasteiger partial charge is 0.508 e. The summed E-state index contributed by atoms with van der Waals surface area (Å²) >= 11 is 0. The highest BCUT2D eigenvalue weighted by molar-refractivity contribution is 5.94. The van der Waals surface area contributed by atoms with Crippen molar-refractivity contribution < 1.29 is 14.6 Å². The van der Waals surface area contributed by atoms with E-state index < -0.39 is 0 Å². The van der Waals surface area contributed by atoms with E-state index in [1.807, 2.05) is 29.2 Å². The zero-order chi connectivity index (χ0) is 16.2. The Bertz CT molecular complexity index is 660. The van der Waals surface area contributed by atoms with Crippen molar-refractivity contribution in [2.24, 2.45) is 0 Å². The van der Waals surface area contributed by atoms with Crippen LogP contribution in [0.2, 0.25) is 0 Å². The summed E-state index contributed by atoms with van der Waals surface area (Å²) in [6.07, 6.45) is 0. The van der Waals surface area contributed by atoms with Crippen LogP contribution < -0.4 is 9.64 Å². The van der Waals surface area contributed by atoms with Gasteiger partial charge in [0.25, 0.3) is 5.91 Å². The molecule has 120 valence electrons.